The van der Waals surface area contributed by atoms with Gasteiger partial charge in [0, 0.05) is 42.6 Å². The molecule has 2 atom stereocenters. The number of carbonyl (C=O) groups is 3. The molecule has 1 unspecified atom stereocenters. The number of aliphatic carboxylic acids is 1. The number of aryl methyl sites for hydroxylation is 1. The number of amides is 1. The zero-order valence-corrected chi connectivity index (χ0v) is 29.0. The number of ketones is 1. The van der Waals surface area contributed by atoms with Gasteiger partial charge in [0.2, 0.25) is 10.4 Å². The smallest absolute Gasteiger partial charge is 0.351 e. The fourth-order valence-electron chi connectivity index (χ4n) is 4.97. The van der Waals surface area contributed by atoms with Crippen molar-refractivity contribution in [3.63, 3.8) is 0 Å². The number of β-lactam (4-membered cyclic amide) rings is 1. The van der Waals surface area contributed by atoms with E-state index >= 15 is 0 Å². The van der Waals surface area contributed by atoms with Crippen LogP contribution in [0.25, 0.3) is 11.1 Å². The van der Waals surface area contributed by atoms with Gasteiger partial charge in [0.25, 0.3) is 12.0 Å². The lowest BCUT2D eigenvalue weighted by atomic mass is 9.74. The van der Waals surface area contributed by atoms with Crippen molar-refractivity contribution in [2.24, 2.45) is 29.6 Å². The van der Waals surface area contributed by atoms with Crippen LogP contribution in [0.1, 0.15) is 31.7 Å². The Balaban J connectivity index is 1.42. The molecule has 3 aromatic rings. The van der Waals surface area contributed by atoms with Crippen LogP contribution in [0, 0.1) is 5.92 Å². The predicted octanol–water partition coefficient (Wildman–Crippen LogP) is -0.567. The summed E-state index contributed by atoms with van der Waals surface area (Å²) in [6.45, 7) is 3.76. The summed E-state index contributed by atoms with van der Waals surface area (Å²) in [5.74, 6) is -3.93. The molecule has 0 bridgehead atoms. The zero-order chi connectivity index (χ0) is 36.8. The molecule has 4 rings (SSSR count). The monoisotopic (exact) mass is 734 g/mol. The Morgan fingerprint density at radius 2 is 1.84 bits per heavy atom. The number of benzene rings is 1. The summed E-state index contributed by atoms with van der Waals surface area (Å²) in [6.07, 6.45) is -0.220. The summed E-state index contributed by atoms with van der Waals surface area (Å²) < 4.78 is 44.9. The number of hydrogen-bond donors (Lipinski definition) is 5. The van der Waals surface area contributed by atoms with E-state index in [1.807, 2.05) is 42.1 Å². The highest BCUT2D eigenvalue weighted by molar-refractivity contribution is 7.80. The van der Waals surface area contributed by atoms with Crippen molar-refractivity contribution in [1.82, 2.24) is 15.4 Å². The first-order chi connectivity index (χ1) is 23.5. The topological polar surface area (TPSA) is 279 Å². The molecule has 2 aromatic heterocycles. The molecule has 8 N–H and O–H groups in total. The molecule has 1 amide bonds. The highest BCUT2D eigenvalue weighted by Gasteiger charge is 2.57. The number of Topliss-reactive ketones (excluding diaryl/α,β-unsaturated/α-hetero) is 1. The van der Waals surface area contributed by atoms with Crippen LogP contribution in [0.3, 0.4) is 0 Å². The second-order valence-electron chi connectivity index (χ2n) is 11.8. The molecule has 1 aliphatic rings. The molecule has 1 aromatic carbocycles. The number of hydrogen-bond acceptors (Lipinski definition) is 16. The quantitative estimate of drug-likeness (QED) is 0.0273. The van der Waals surface area contributed by atoms with Gasteiger partial charge < -0.3 is 41.8 Å². The summed E-state index contributed by atoms with van der Waals surface area (Å²) in [4.78, 5) is 47.2. The van der Waals surface area contributed by atoms with Gasteiger partial charge in [-0.15, -0.1) is 11.3 Å². The number of nitrogens with two attached hydrogens (primary N) is 3. The lowest BCUT2D eigenvalue weighted by Gasteiger charge is -2.51. The number of nitrogens with one attached hydrogen (secondary N) is 1. The Bertz CT molecular complexity index is 1850. The predicted molar refractivity (Wildman–Crippen MR) is 178 cm³/mol. The Labute approximate surface area is 291 Å². The molecule has 1 aliphatic heterocycles. The molecule has 0 radical (unpaired) electrons. The van der Waals surface area contributed by atoms with Crippen molar-refractivity contribution in [2.45, 2.75) is 44.5 Å². The Morgan fingerprint density at radius 3 is 2.38 bits per heavy atom. The van der Waals surface area contributed by atoms with Gasteiger partial charge in [0.1, 0.15) is 25.1 Å². The van der Waals surface area contributed by atoms with Gasteiger partial charge in [-0.1, -0.05) is 17.3 Å². The second kappa shape index (κ2) is 16.0. The maximum Gasteiger partial charge on any atom is 0.351 e. The number of nitrogens with zero attached hydrogens (tertiary/aromatic N) is 4. The molecule has 3 heterocycles. The molecule has 18 nitrogen and oxygen atoms in total. The van der Waals surface area contributed by atoms with Gasteiger partial charge >= 0.3 is 5.97 Å². The van der Waals surface area contributed by atoms with Gasteiger partial charge in [-0.05, 0) is 37.6 Å². The van der Waals surface area contributed by atoms with Crippen LogP contribution in [-0.2, 0) is 47.5 Å². The van der Waals surface area contributed by atoms with E-state index in [0.29, 0.717) is 30.4 Å². The number of hydroxylamine groups is 2. The molecule has 1 fully saturated rings. The zero-order valence-electron chi connectivity index (χ0n) is 27.3. The first-order valence-electron chi connectivity index (χ1n) is 15.1. The number of ether oxygens (including phenoxy) is 1. The number of rotatable bonds is 18. The Kier molecular flexibility index (Phi) is 12.2. The van der Waals surface area contributed by atoms with Crippen LogP contribution in [0.15, 0.2) is 53.1 Å². The number of carboxylic acid groups (broad SMARTS) is 1. The van der Waals surface area contributed by atoms with Crippen molar-refractivity contribution in [3.05, 3.63) is 59.4 Å². The summed E-state index contributed by atoms with van der Waals surface area (Å²) >= 11 is 0.977. The standard InChI is InChI=1S/C30H38N8O10S2/c1-30(2)22(27(40)38(30)48-50(43,44)45)10-24(39)26(23-16-49-29(33)35-23)36-47-25(28(41)42)15-46-21-8-5-17(6-9-21)18-4-7-20(37(3)14-18)13-34-19(11-31)12-32/h4-9,14,16,19,22,25,34H,10-13,15,31-32H2,1-3H3,(H3-,33,35,41,42,43,44,45)/b36-26-/t22-,25?/m1/s1. The summed E-state index contributed by atoms with van der Waals surface area (Å²) in [5.41, 5.74) is 18.1. The highest BCUT2D eigenvalue weighted by Crippen LogP contribution is 2.40. The molecule has 1 saturated heterocycles. The fourth-order valence-corrected chi connectivity index (χ4v) is 5.96. The van der Waals surface area contributed by atoms with Crippen LogP contribution < -0.4 is 31.8 Å². The van der Waals surface area contributed by atoms with Crippen molar-refractivity contribution >= 4 is 50.2 Å². The van der Waals surface area contributed by atoms with Gasteiger partial charge in [0.05, 0.1) is 18.0 Å². The van der Waals surface area contributed by atoms with Gasteiger partial charge in [-0.25, -0.2) is 22.8 Å². The van der Waals surface area contributed by atoms with Crippen LogP contribution >= 0.6 is 11.3 Å². The highest BCUT2D eigenvalue weighted by atomic mass is 32.3. The van der Waals surface area contributed by atoms with Crippen LogP contribution in [-0.4, -0.2) is 88.9 Å². The number of nitrogen functional groups attached to an aromatic ring is 1. The largest absolute Gasteiger partial charge is 0.724 e. The second-order valence-corrected chi connectivity index (χ2v) is 13.7. The van der Waals surface area contributed by atoms with Crippen molar-refractivity contribution in [1.29, 1.82) is 0 Å². The third-order valence-corrected chi connectivity index (χ3v) is 8.98. The van der Waals surface area contributed by atoms with Gasteiger partial charge in [0.15, 0.2) is 28.5 Å². The SMILES string of the molecule is C[n+]1cc(-c2ccc(OCC(O/N=C(\C(=O)C[C@@H]3C(=O)N(OS(=O)(=O)[O-])C3(C)C)c3csc(N)n3)C(=O)O)cc2)ccc1CNC(CN)CN. The molecule has 50 heavy (non-hydrogen) atoms. The lowest BCUT2D eigenvalue weighted by molar-refractivity contribution is -0.679. The third kappa shape index (κ3) is 9.35. The van der Waals surface area contributed by atoms with Crippen molar-refractivity contribution < 1.29 is 50.9 Å². The molecular weight excluding hydrogens is 697 g/mol. The van der Waals surface area contributed by atoms with Crippen LogP contribution in [0.5, 0.6) is 5.75 Å². The molecule has 270 valence electrons. The van der Waals surface area contributed by atoms with E-state index in [4.69, 9.17) is 26.8 Å². The van der Waals surface area contributed by atoms with E-state index in [1.54, 1.807) is 12.1 Å². The Hall–Kier alpha value is -4.57. The van der Waals surface area contributed by atoms with Crippen molar-refractivity contribution in [3.8, 4) is 16.9 Å². The molecular formula is C30H38N8O10S2. The lowest BCUT2D eigenvalue weighted by Crippen LogP contribution is -2.68. The number of carbonyl (C=O) groups excluding carboxylic acids is 2. The minimum Gasteiger partial charge on any atom is -0.724 e. The first kappa shape index (κ1) is 38.2. The van der Waals surface area contributed by atoms with E-state index in [2.05, 4.69) is 19.7 Å². The summed E-state index contributed by atoms with van der Waals surface area (Å²) in [5, 5.41) is 18.7. The molecule has 0 aliphatic carbocycles. The maximum atomic E-state index is 13.3. The number of anilines is 1. The van der Waals surface area contributed by atoms with E-state index < -0.39 is 64.4 Å². The number of oxime groups is 1. The van der Waals surface area contributed by atoms with E-state index in [-0.39, 0.29) is 16.9 Å². The minimum atomic E-state index is -5.24. The number of pyridine rings is 1. The molecule has 0 saturated carbocycles. The van der Waals surface area contributed by atoms with E-state index in [1.165, 1.54) is 19.2 Å². The molecule has 0 spiro atoms. The summed E-state index contributed by atoms with van der Waals surface area (Å²) in [6, 6.07) is 10.9. The first-order valence-corrected chi connectivity index (χ1v) is 17.3. The van der Waals surface area contributed by atoms with Gasteiger partial charge in [-0.2, -0.15) is 9.35 Å². The van der Waals surface area contributed by atoms with E-state index in [9.17, 15) is 32.5 Å². The molecule has 20 heteroatoms. The normalized spacial score (nSPS) is 16.6. The number of aromatic nitrogens is 2. The summed E-state index contributed by atoms with van der Waals surface area (Å²) in [7, 11) is -3.32. The van der Waals surface area contributed by atoms with E-state index in [0.717, 1.165) is 28.2 Å². The fraction of sp³-hybridized carbons (Fsp3) is 0.400. The van der Waals surface area contributed by atoms with Crippen LogP contribution in [0.2, 0.25) is 0 Å². The van der Waals surface area contributed by atoms with Gasteiger partial charge in [-0.3, -0.25) is 9.59 Å². The van der Waals surface area contributed by atoms with Crippen LogP contribution in [0.4, 0.5) is 5.13 Å². The average molecular weight is 735 g/mol. The Morgan fingerprint density at radius 1 is 1.18 bits per heavy atom. The minimum absolute atomic E-state index is 0.0180. The number of thiazole rings is 1. The maximum absolute atomic E-state index is 13.3. The number of carboxylic acids is 1. The van der Waals surface area contributed by atoms with Crippen molar-refractivity contribution in [2.75, 3.05) is 25.4 Å². The average Bonchev–Trinajstić information content (AvgIpc) is 3.50. The third-order valence-electron chi connectivity index (χ3n) is 7.98.